The molecule has 0 aromatic heterocycles. The molecule has 0 unspecified atom stereocenters. The highest BCUT2D eigenvalue weighted by Crippen LogP contribution is 2.31. The van der Waals surface area contributed by atoms with Gasteiger partial charge in [0.15, 0.2) is 11.5 Å². The molecular weight excluding hydrogens is 272 g/mol. The van der Waals surface area contributed by atoms with E-state index in [9.17, 15) is 9.59 Å². The summed E-state index contributed by atoms with van der Waals surface area (Å²) < 4.78 is 15.0. The lowest BCUT2D eigenvalue weighted by Gasteiger charge is -1.96. The van der Waals surface area contributed by atoms with Crippen molar-refractivity contribution in [2.75, 3.05) is 13.9 Å². The van der Waals surface area contributed by atoms with Crippen LogP contribution in [0.15, 0.2) is 42.5 Å². The van der Waals surface area contributed by atoms with Crippen molar-refractivity contribution in [3.63, 3.8) is 0 Å². The predicted octanol–water partition coefficient (Wildman–Crippen LogP) is 2.74. The maximum atomic E-state index is 10.3. The number of benzene rings is 2. The molecule has 2 aromatic rings. The standard InChI is InChI=1S/C8H6O3.C8H8O2/c9-4-6-1-2-7-8(3-6)11-5-10-7;1-10-8-4-2-7(6-9)3-5-8/h1-4H,5H2;2-6H,1H3. The fraction of sp³-hybridized carbons (Fsp3) is 0.125. The topological polar surface area (TPSA) is 61.8 Å². The van der Waals surface area contributed by atoms with Crippen molar-refractivity contribution < 1.29 is 23.8 Å². The van der Waals surface area contributed by atoms with Crippen LogP contribution in [0.25, 0.3) is 0 Å². The highest BCUT2D eigenvalue weighted by atomic mass is 16.7. The largest absolute Gasteiger partial charge is 0.497 e. The van der Waals surface area contributed by atoms with Crippen molar-refractivity contribution in [2.45, 2.75) is 0 Å². The first kappa shape index (κ1) is 14.6. The van der Waals surface area contributed by atoms with Gasteiger partial charge >= 0.3 is 0 Å². The van der Waals surface area contributed by atoms with E-state index in [4.69, 9.17) is 14.2 Å². The zero-order chi connectivity index (χ0) is 15.1. The van der Waals surface area contributed by atoms with Gasteiger partial charge in [-0.1, -0.05) is 0 Å². The normalized spacial score (nSPS) is 11.1. The quantitative estimate of drug-likeness (QED) is 0.812. The van der Waals surface area contributed by atoms with Gasteiger partial charge in [0, 0.05) is 11.1 Å². The third-order valence-corrected chi connectivity index (χ3v) is 2.78. The molecular formula is C16H14O5. The van der Waals surface area contributed by atoms with Crippen LogP contribution in [0.4, 0.5) is 0 Å². The van der Waals surface area contributed by atoms with Crippen molar-refractivity contribution >= 4 is 12.6 Å². The van der Waals surface area contributed by atoms with Crippen molar-refractivity contribution in [2.24, 2.45) is 0 Å². The molecule has 0 amide bonds. The van der Waals surface area contributed by atoms with Crippen LogP contribution in [0, 0.1) is 0 Å². The van der Waals surface area contributed by atoms with Crippen molar-refractivity contribution in [3.05, 3.63) is 53.6 Å². The predicted molar refractivity (Wildman–Crippen MR) is 76.3 cm³/mol. The van der Waals surface area contributed by atoms with E-state index >= 15 is 0 Å². The number of carbonyl (C=O) groups is 2. The van der Waals surface area contributed by atoms with Gasteiger partial charge in [0.05, 0.1) is 7.11 Å². The first-order chi connectivity index (χ1) is 10.3. The smallest absolute Gasteiger partial charge is 0.231 e. The molecule has 0 radical (unpaired) electrons. The van der Waals surface area contributed by atoms with E-state index in [2.05, 4.69) is 0 Å². The number of rotatable bonds is 3. The average molecular weight is 286 g/mol. The van der Waals surface area contributed by atoms with Crippen LogP contribution in [0.1, 0.15) is 20.7 Å². The van der Waals surface area contributed by atoms with E-state index in [1.54, 1.807) is 49.6 Å². The second-order valence-electron chi connectivity index (χ2n) is 4.12. The number of hydrogen-bond acceptors (Lipinski definition) is 5. The number of methoxy groups -OCH3 is 1. The molecule has 5 heteroatoms. The minimum absolute atomic E-state index is 0.248. The lowest BCUT2D eigenvalue weighted by atomic mass is 10.2. The van der Waals surface area contributed by atoms with Gasteiger partial charge in [0.1, 0.15) is 18.3 Å². The third kappa shape index (κ3) is 3.82. The van der Waals surface area contributed by atoms with Crippen LogP contribution in [0.2, 0.25) is 0 Å². The molecule has 0 aliphatic carbocycles. The number of aldehydes is 2. The molecule has 0 saturated heterocycles. The van der Waals surface area contributed by atoms with Gasteiger partial charge < -0.3 is 14.2 Å². The Balaban J connectivity index is 0.000000155. The fourth-order valence-corrected chi connectivity index (χ4v) is 1.67. The molecule has 0 N–H and O–H groups in total. The van der Waals surface area contributed by atoms with E-state index in [0.717, 1.165) is 18.3 Å². The van der Waals surface area contributed by atoms with Gasteiger partial charge in [-0.15, -0.1) is 0 Å². The summed E-state index contributed by atoms with van der Waals surface area (Å²) in [5, 5.41) is 0. The Hall–Kier alpha value is -2.82. The molecule has 0 bridgehead atoms. The summed E-state index contributed by atoms with van der Waals surface area (Å²) in [6, 6.07) is 12.0. The molecule has 108 valence electrons. The number of hydrogen-bond donors (Lipinski definition) is 0. The molecule has 5 nitrogen and oxygen atoms in total. The van der Waals surface area contributed by atoms with Crippen LogP contribution in [-0.2, 0) is 0 Å². The molecule has 3 rings (SSSR count). The van der Waals surface area contributed by atoms with Gasteiger partial charge in [0.25, 0.3) is 0 Å². The molecule has 21 heavy (non-hydrogen) atoms. The Morgan fingerprint density at radius 3 is 2.14 bits per heavy atom. The van der Waals surface area contributed by atoms with Crippen LogP contribution in [0.3, 0.4) is 0 Å². The Kier molecular flexibility index (Phi) is 4.93. The summed E-state index contributed by atoms with van der Waals surface area (Å²) in [5.41, 5.74) is 1.27. The monoisotopic (exact) mass is 286 g/mol. The highest BCUT2D eigenvalue weighted by Gasteiger charge is 2.12. The maximum absolute atomic E-state index is 10.3. The molecule has 0 atom stereocenters. The van der Waals surface area contributed by atoms with Crippen LogP contribution >= 0.6 is 0 Å². The van der Waals surface area contributed by atoms with E-state index < -0.39 is 0 Å². The molecule has 1 aliphatic heterocycles. The van der Waals surface area contributed by atoms with Crippen LogP contribution in [0.5, 0.6) is 17.2 Å². The summed E-state index contributed by atoms with van der Waals surface area (Å²) >= 11 is 0. The summed E-state index contributed by atoms with van der Waals surface area (Å²) in [5.74, 6) is 2.12. The Morgan fingerprint density at radius 1 is 0.905 bits per heavy atom. The second kappa shape index (κ2) is 7.09. The Labute approximate surface area is 122 Å². The number of fused-ring (bicyclic) bond motifs is 1. The zero-order valence-corrected chi connectivity index (χ0v) is 11.4. The van der Waals surface area contributed by atoms with Gasteiger partial charge in [-0.2, -0.15) is 0 Å². The SMILES string of the molecule is COc1ccc(C=O)cc1.O=Cc1ccc2c(c1)OCO2. The maximum Gasteiger partial charge on any atom is 0.231 e. The van der Waals surface area contributed by atoms with Gasteiger partial charge in [0.2, 0.25) is 6.79 Å². The third-order valence-electron chi connectivity index (χ3n) is 2.78. The summed E-state index contributed by atoms with van der Waals surface area (Å²) in [6.45, 7) is 0.248. The first-order valence-electron chi connectivity index (χ1n) is 6.21. The summed E-state index contributed by atoms with van der Waals surface area (Å²) in [6.07, 6.45) is 1.58. The molecule has 0 saturated carbocycles. The van der Waals surface area contributed by atoms with Gasteiger partial charge in [-0.25, -0.2) is 0 Å². The molecule has 2 aromatic carbocycles. The van der Waals surface area contributed by atoms with E-state index in [0.29, 0.717) is 22.6 Å². The van der Waals surface area contributed by atoms with Crippen molar-refractivity contribution in [1.29, 1.82) is 0 Å². The molecule has 0 spiro atoms. The lowest BCUT2D eigenvalue weighted by molar-refractivity contribution is 0.111. The average Bonchev–Trinajstić information content (AvgIpc) is 3.03. The van der Waals surface area contributed by atoms with Crippen molar-refractivity contribution in [1.82, 2.24) is 0 Å². The van der Waals surface area contributed by atoms with E-state index in [1.165, 1.54) is 0 Å². The Bertz CT molecular complexity index is 619. The summed E-state index contributed by atoms with van der Waals surface area (Å²) in [7, 11) is 1.59. The summed E-state index contributed by atoms with van der Waals surface area (Å²) in [4.78, 5) is 20.5. The van der Waals surface area contributed by atoms with E-state index in [1.807, 2.05) is 0 Å². The van der Waals surface area contributed by atoms with Crippen LogP contribution < -0.4 is 14.2 Å². The number of carbonyl (C=O) groups excluding carboxylic acids is 2. The highest BCUT2D eigenvalue weighted by molar-refractivity contribution is 5.76. The minimum Gasteiger partial charge on any atom is -0.497 e. The van der Waals surface area contributed by atoms with Gasteiger partial charge in [-0.05, 0) is 42.5 Å². The molecule has 0 fully saturated rings. The Morgan fingerprint density at radius 2 is 1.52 bits per heavy atom. The number of ether oxygens (including phenoxy) is 3. The molecule has 1 heterocycles. The minimum atomic E-state index is 0.248. The van der Waals surface area contributed by atoms with Crippen LogP contribution in [-0.4, -0.2) is 26.5 Å². The van der Waals surface area contributed by atoms with Crippen molar-refractivity contribution in [3.8, 4) is 17.2 Å². The lowest BCUT2D eigenvalue weighted by Crippen LogP contribution is -1.92. The van der Waals surface area contributed by atoms with Gasteiger partial charge in [-0.3, -0.25) is 9.59 Å². The van der Waals surface area contributed by atoms with E-state index in [-0.39, 0.29) is 6.79 Å². The zero-order valence-electron chi connectivity index (χ0n) is 11.4. The molecule has 1 aliphatic rings. The second-order valence-corrected chi connectivity index (χ2v) is 4.12. The first-order valence-corrected chi connectivity index (χ1v) is 6.21. The fourth-order valence-electron chi connectivity index (χ4n) is 1.67.